The van der Waals surface area contributed by atoms with Crippen molar-refractivity contribution in [1.29, 1.82) is 0 Å². The lowest BCUT2D eigenvalue weighted by atomic mass is 10.1. The number of likely N-dealkylation sites (tertiary alicyclic amines) is 1. The number of rotatable bonds is 3. The maximum atomic E-state index is 12.8. The van der Waals surface area contributed by atoms with Crippen molar-refractivity contribution in [3.8, 4) is 5.75 Å². The van der Waals surface area contributed by atoms with Crippen molar-refractivity contribution in [1.82, 2.24) is 9.88 Å². The van der Waals surface area contributed by atoms with E-state index < -0.39 is 0 Å². The van der Waals surface area contributed by atoms with E-state index in [4.69, 9.17) is 4.74 Å². The van der Waals surface area contributed by atoms with Gasteiger partial charge in [-0.1, -0.05) is 12.1 Å². The van der Waals surface area contributed by atoms with Crippen molar-refractivity contribution >= 4 is 17.2 Å². The summed E-state index contributed by atoms with van der Waals surface area (Å²) >= 11 is 1.64. The summed E-state index contributed by atoms with van der Waals surface area (Å²) in [6.07, 6.45) is 2.00. The standard InChI is InChI=1S/C16H18N2O2S/c1-11-10-21-15(17-11)13-7-5-9-18(13)16(19)12-6-3-4-8-14(12)20-2/h3-4,6,8,10,13H,5,7,9H2,1-2H3. The number of amides is 1. The van der Waals surface area contributed by atoms with Gasteiger partial charge in [0.05, 0.1) is 18.7 Å². The highest BCUT2D eigenvalue weighted by Gasteiger charge is 2.33. The quantitative estimate of drug-likeness (QED) is 0.872. The van der Waals surface area contributed by atoms with E-state index in [1.54, 1.807) is 18.4 Å². The topological polar surface area (TPSA) is 42.4 Å². The lowest BCUT2D eigenvalue weighted by Gasteiger charge is -2.24. The zero-order valence-corrected chi connectivity index (χ0v) is 13.0. The number of aromatic nitrogens is 1. The molecule has 2 heterocycles. The summed E-state index contributed by atoms with van der Waals surface area (Å²) in [5.74, 6) is 0.659. The molecule has 1 atom stereocenters. The Morgan fingerprint density at radius 2 is 2.24 bits per heavy atom. The summed E-state index contributed by atoms with van der Waals surface area (Å²) in [4.78, 5) is 19.3. The van der Waals surface area contributed by atoms with Gasteiger partial charge < -0.3 is 9.64 Å². The summed E-state index contributed by atoms with van der Waals surface area (Å²) in [5.41, 5.74) is 1.65. The van der Waals surface area contributed by atoms with Crippen LogP contribution >= 0.6 is 11.3 Å². The lowest BCUT2D eigenvalue weighted by molar-refractivity contribution is 0.0732. The molecule has 21 heavy (non-hydrogen) atoms. The van der Waals surface area contributed by atoms with Crippen LogP contribution in [0.1, 0.15) is 39.9 Å². The van der Waals surface area contributed by atoms with Gasteiger partial charge in [0.25, 0.3) is 5.91 Å². The van der Waals surface area contributed by atoms with Gasteiger partial charge in [-0.2, -0.15) is 0 Å². The average Bonchev–Trinajstić information content (AvgIpc) is 3.14. The monoisotopic (exact) mass is 302 g/mol. The first-order chi connectivity index (χ1) is 10.2. The van der Waals surface area contributed by atoms with Crippen LogP contribution in [0.5, 0.6) is 5.75 Å². The fourth-order valence-corrected chi connectivity index (χ4v) is 3.71. The molecule has 4 nitrogen and oxygen atoms in total. The van der Waals surface area contributed by atoms with Gasteiger partial charge in [-0.3, -0.25) is 4.79 Å². The van der Waals surface area contributed by atoms with Gasteiger partial charge in [-0.05, 0) is 31.9 Å². The highest BCUT2D eigenvalue weighted by atomic mass is 32.1. The number of para-hydroxylation sites is 1. The molecule has 0 aliphatic carbocycles. The Labute approximate surface area is 128 Å². The molecule has 1 aromatic heterocycles. The molecule has 3 rings (SSSR count). The number of benzene rings is 1. The van der Waals surface area contributed by atoms with Crippen molar-refractivity contribution in [2.45, 2.75) is 25.8 Å². The molecule has 1 aliphatic rings. The largest absolute Gasteiger partial charge is 0.496 e. The van der Waals surface area contributed by atoms with Crippen molar-refractivity contribution in [3.63, 3.8) is 0 Å². The highest BCUT2D eigenvalue weighted by Crippen LogP contribution is 2.35. The minimum atomic E-state index is 0.0304. The summed E-state index contributed by atoms with van der Waals surface area (Å²) < 4.78 is 5.31. The first kappa shape index (κ1) is 14.1. The Hall–Kier alpha value is -1.88. The first-order valence-corrected chi connectivity index (χ1v) is 7.94. The Kier molecular flexibility index (Phi) is 3.92. The number of hydrogen-bond acceptors (Lipinski definition) is 4. The predicted molar refractivity (Wildman–Crippen MR) is 82.9 cm³/mol. The maximum Gasteiger partial charge on any atom is 0.258 e. The van der Waals surface area contributed by atoms with Gasteiger partial charge in [0.1, 0.15) is 10.8 Å². The Bertz CT molecular complexity index is 653. The molecule has 0 saturated carbocycles. The molecule has 110 valence electrons. The predicted octanol–water partition coefficient (Wildman–Crippen LogP) is 3.44. The normalized spacial score (nSPS) is 18.0. The third-order valence-corrected chi connectivity index (χ3v) is 4.84. The van der Waals surface area contributed by atoms with Crippen LogP contribution in [0.3, 0.4) is 0 Å². The SMILES string of the molecule is COc1ccccc1C(=O)N1CCCC1c1nc(C)cs1. The smallest absolute Gasteiger partial charge is 0.258 e. The summed E-state index contributed by atoms with van der Waals surface area (Å²) in [6.45, 7) is 2.77. The number of carbonyl (C=O) groups excluding carboxylic acids is 1. The molecule has 1 aromatic carbocycles. The van der Waals surface area contributed by atoms with Crippen molar-refractivity contribution in [2.75, 3.05) is 13.7 Å². The van der Waals surface area contributed by atoms with Crippen LogP contribution < -0.4 is 4.74 Å². The van der Waals surface area contributed by atoms with E-state index in [1.807, 2.05) is 41.5 Å². The molecule has 1 unspecified atom stereocenters. The van der Waals surface area contributed by atoms with E-state index >= 15 is 0 Å². The molecular formula is C16H18N2O2S. The number of ether oxygens (including phenoxy) is 1. The molecule has 0 N–H and O–H groups in total. The summed E-state index contributed by atoms with van der Waals surface area (Å²) in [5, 5.41) is 3.08. The molecular weight excluding hydrogens is 284 g/mol. The fourth-order valence-electron chi connectivity index (χ4n) is 2.77. The maximum absolute atomic E-state index is 12.8. The second kappa shape index (κ2) is 5.85. The van der Waals surface area contributed by atoms with Gasteiger partial charge in [0, 0.05) is 17.6 Å². The van der Waals surface area contributed by atoms with Crippen molar-refractivity contribution in [2.24, 2.45) is 0 Å². The summed E-state index contributed by atoms with van der Waals surface area (Å²) in [6, 6.07) is 7.49. The number of thiazole rings is 1. The molecule has 1 aliphatic heterocycles. The van der Waals surface area contributed by atoms with Crippen LogP contribution in [0.2, 0.25) is 0 Å². The van der Waals surface area contributed by atoms with Crippen LogP contribution in [-0.4, -0.2) is 29.4 Å². The van der Waals surface area contributed by atoms with Crippen molar-refractivity contribution < 1.29 is 9.53 Å². The van der Waals surface area contributed by atoms with E-state index in [0.29, 0.717) is 11.3 Å². The van der Waals surface area contributed by atoms with E-state index in [1.165, 1.54) is 0 Å². The highest BCUT2D eigenvalue weighted by molar-refractivity contribution is 7.09. The first-order valence-electron chi connectivity index (χ1n) is 7.06. The van der Waals surface area contributed by atoms with E-state index in [9.17, 15) is 4.79 Å². The zero-order chi connectivity index (χ0) is 14.8. The van der Waals surface area contributed by atoms with Crippen molar-refractivity contribution in [3.05, 3.63) is 45.9 Å². The third kappa shape index (κ3) is 2.65. The summed E-state index contributed by atoms with van der Waals surface area (Å²) in [7, 11) is 1.60. The van der Waals surface area contributed by atoms with Gasteiger partial charge in [-0.25, -0.2) is 4.98 Å². The van der Waals surface area contributed by atoms with Gasteiger partial charge in [0.15, 0.2) is 0 Å². The van der Waals surface area contributed by atoms with Crippen LogP contribution in [-0.2, 0) is 0 Å². The number of nitrogens with zero attached hydrogens (tertiary/aromatic N) is 2. The molecule has 5 heteroatoms. The Morgan fingerprint density at radius 3 is 2.95 bits per heavy atom. The number of carbonyl (C=O) groups is 1. The van der Waals surface area contributed by atoms with E-state index in [2.05, 4.69) is 4.98 Å². The number of aryl methyl sites for hydroxylation is 1. The molecule has 1 amide bonds. The minimum absolute atomic E-state index is 0.0304. The number of methoxy groups -OCH3 is 1. The number of hydrogen-bond donors (Lipinski definition) is 0. The van der Waals surface area contributed by atoms with Crippen LogP contribution in [0.15, 0.2) is 29.6 Å². The third-order valence-electron chi connectivity index (χ3n) is 3.77. The molecule has 1 fully saturated rings. The Morgan fingerprint density at radius 1 is 1.43 bits per heavy atom. The second-order valence-electron chi connectivity index (χ2n) is 5.18. The lowest BCUT2D eigenvalue weighted by Crippen LogP contribution is -2.30. The van der Waals surface area contributed by atoms with Crippen LogP contribution in [0.25, 0.3) is 0 Å². The van der Waals surface area contributed by atoms with Gasteiger partial charge >= 0.3 is 0 Å². The molecule has 2 aromatic rings. The average molecular weight is 302 g/mol. The van der Waals surface area contributed by atoms with E-state index in [0.717, 1.165) is 30.1 Å². The molecule has 0 bridgehead atoms. The van der Waals surface area contributed by atoms with Gasteiger partial charge in [-0.15, -0.1) is 11.3 Å². The Balaban J connectivity index is 1.89. The second-order valence-corrected chi connectivity index (χ2v) is 6.07. The van der Waals surface area contributed by atoms with E-state index in [-0.39, 0.29) is 11.9 Å². The minimum Gasteiger partial charge on any atom is -0.496 e. The zero-order valence-electron chi connectivity index (χ0n) is 12.2. The van der Waals surface area contributed by atoms with Gasteiger partial charge in [0.2, 0.25) is 0 Å². The fraction of sp³-hybridized carbons (Fsp3) is 0.375. The molecule has 0 spiro atoms. The van der Waals surface area contributed by atoms with Crippen LogP contribution in [0.4, 0.5) is 0 Å². The molecule has 1 saturated heterocycles. The van der Waals surface area contributed by atoms with Crippen LogP contribution in [0, 0.1) is 6.92 Å². The molecule has 0 radical (unpaired) electrons.